The molecule has 0 aromatic heterocycles. The molecule has 2 aliphatic rings. The van der Waals surface area contributed by atoms with E-state index in [1.54, 1.807) is 39.0 Å². The molecule has 200 valence electrons. The van der Waals surface area contributed by atoms with Gasteiger partial charge in [-0.25, -0.2) is 0 Å². The highest BCUT2D eigenvalue weighted by Gasteiger charge is 2.34. The van der Waals surface area contributed by atoms with Crippen LogP contribution >= 0.6 is 0 Å². The number of hydrazine groups is 2. The maximum absolute atomic E-state index is 13.2. The first-order valence-corrected chi connectivity index (χ1v) is 12.1. The van der Waals surface area contributed by atoms with Gasteiger partial charge in [-0.2, -0.15) is 13.2 Å². The van der Waals surface area contributed by atoms with Crippen LogP contribution < -0.4 is 21.9 Å². The predicted octanol–water partition coefficient (Wildman–Crippen LogP) is 4.72. The van der Waals surface area contributed by atoms with E-state index in [2.05, 4.69) is 21.2 Å². The van der Waals surface area contributed by atoms with Crippen molar-refractivity contribution in [2.75, 3.05) is 12.0 Å². The van der Waals surface area contributed by atoms with Gasteiger partial charge in [0.05, 0.1) is 29.5 Å². The monoisotopic (exact) mass is 517 g/mol. The first-order chi connectivity index (χ1) is 17.4. The molecule has 0 aliphatic carbocycles. The number of aliphatic imine (C=N–C) groups is 2. The number of benzene rings is 1. The van der Waals surface area contributed by atoms with Crippen LogP contribution in [-0.4, -0.2) is 35.7 Å². The first kappa shape index (κ1) is 28.0. The van der Waals surface area contributed by atoms with E-state index in [0.717, 1.165) is 28.0 Å². The van der Waals surface area contributed by atoms with Crippen molar-refractivity contribution in [3.63, 3.8) is 0 Å². The molecule has 2 unspecified atom stereocenters. The lowest BCUT2D eigenvalue weighted by atomic mass is 9.94. The number of halogens is 3. The number of hydrogen-bond donors (Lipinski definition) is 4. The fourth-order valence-corrected chi connectivity index (χ4v) is 4.22. The molecule has 3 rings (SSSR count). The molecule has 2 bridgehead atoms. The summed E-state index contributed by atoms with van der Waals surface area (Å²) in [7, 11) is 0. The van der Waals surface area contributed by atoms with Crippen molar-refractivity contribution in [1.82, 2.24) is 15.9 Å². The molecular weight excluding hydrogens is 483 g/mol. The van der Waals surface area contributed by atoms with Crippen LogP contribution in [0.25, 0.3) is 5.70 Å². The zero-order chi connectivity index (χ0) is 27.5. The average molecular weight is 518 g/mol. The minimum Gasteiger partial charge on any atom is -0.376 e. The molecule has 0 spiro atoms. The van der Waals surface area contributed by atoms with Gasteiger partial charge >= 0.3 is 6.18 Å². The molecule has 1 amide bonds. The van der Waals surface area contributed by atoms with Gasteiger partial charge in [0.15, 0.2) is 0 Å². The smallest absolute Gasteiger partial charge is 0.376 e. The summed E-state index contributed by atoms with van der Waals surface area (Å²) in [6.45, 7) is 10.1. The van der Waals surface area contributed by atoms with Crippen molar-refractivity contribution in [1.29, 1.82) is 0 Å². The number of carbonyl (C=O) groups is 1. The third-order valence-electron chi connectivity index (χ3n) is 6.41. The lowest BCUT2D eigenvalue weighted by molar-refractivity contribution is -0.123. The van der Waals surface area contributed by atoms with Gasteiger partial charge in [0.1, 0.15) is 6.54 Å². The standard InChI is InChI=1S/C26H34F3N7O/c1-7-14(3)22(32-13-26(27,28)29)18(11-31-8-2)17(6)33-24-21-15(4)9-10-20-19(21)12-36(34-20)35-23(24)16(5)25(30)37/h8-11,16,32,34-35H,7,12-13H2,1-6H3,(H2,30,37)/b18-11-,22-14-,31-8?,33-17?. The number of rotatable bonds is 9. The lowest BCUT2D eigenvalue weighted by Crippen LogP contribution is -2.41. The number of nitrogens with zero attached hydrogens (tertiary/aromatic N) is 3. The molecule has 2 atom stereocenters. The number of primary amides is 1. The molecular formula is C26H34F3N7O. The third-order valence-corrected chi connectivity index (χ3v) is 6.41. The minimum atomic E-state index is -4.40. The largest absolute Gasteiger partial charge is 0.405 e. The Balaban J connectivity index is 2.26. The van der Waals surface area contributed by atoms with Crippen molar-refractivity contribution in [2.24, 2.45) is 21.6 Å². The number of amides is 1. The molecule has 1 aromatic rings. The summed E-state index contributed by atoms with van der Waals surface area (Å²) >= 11 is 0. The van der Waals surface area contributed by atoms with Gasteiger partial charge in [-0.15, -0.1) is 5.12 Å². The number of aryl methyl sites for hydroxylation is 1. The molecule has 0 radical (unpaired) electrons. The van der Waals surface area contributed by atoms with Crippen molar-refractivity contribution in [3.8, 4) is 0 Å². The van der Waals surface area contributed by atoms with Crippen LogP contribution in [0, 0.1) is 12.8 Å². The van der Waals surface area contributed by atoms with Gasteiger partial charge in [0.25, 0.3) is 0 Å². The second kappa shape index (κ2) is 11.2. The number of nitrogens with two attached hydrogens (primary N) is 1. The van der Waals surface area contributed by atoms with Crippen molar-refractivity contribution in [2.45, 2.75) is 60.7 Å². The van der Waals surface area contributed by atoms with Crippen molar-refractivity contribution in [3.05, 3.63) is 57.6 Å². The lowest BCUT2D eigenvalue weighted by Gasteiger charge is -2.26. The van der Waals surface area contributed by atoms with E-state index in [1.165, 1.54) is 6.20 Å². The first-order valence-electron chi connectivity index (χ1n) is 12.1. The fraction of sp³-hybridized carbons (Fsp3) is 0.423. The number of alkyl halides is 3. The van der Waals surface area contributed by atoms with Gasteiger partial charge in [0.2, 0.25) is 5.91 Å². The van der Waals surface area contributed by atoms with Gasteiger partial charge in [-0.3, -0.25) is 14.8 Å². The Hall–Kier alpha value is -3.60. The Morgan fingerprint density at radius 1 is 1.30 bits per heavy atom. The normalized spacial score (nSPS) is 19.3. The molecule has 37 heavy (non-hydrogen) atoms. The zero-order valence-corrected chi connectivity index (χ0v) is 22.0. The number of allylic oxidation sites excluding steroid dienone is 2. The van der Waals surface area contributed by atoms with E-state index in [4.69, 9.17) is 10.7 Å². The Morgan fingerprint density at radius 2 is 2.00 bits per heavy atom. The summed E-state index contributed by atoms with van der Waals surface area (Å²) < 4.78 is 39.5. The van der Waals surface area contributed by atoms with E-state index in [0.29, 0.717) is 41.3 Å². The third kappa shape index (κ3) is 6.22. The van der Waals surface area contributed by atoms with Gasteiger partial charge in [-0.1, -0.05) is 13.0 Å². The molecule has 2 aliphatic heterocycles. The molecule has 0 fully saturated rings. The number of fused-ring (bicyclic) bond motifs is 1. The summed E-state index contributed by atoms with van der Waals surface area (Å²) in [6.07, 6.45) is -0.818. The Kier molecular flexibility index (Phi) is 8.47. The molecule has 8 nitrogen and oxygen atoms in total. The number of anilines is 1. The molecule has 5 N–H and O–H groups in total. The SMILES string of the molecule is CC=N/C=C(C(C)=NC1=C(C(C)C(N)=O)NN2Cc3c(ccc(C)c31)N2)\C(NCC(F)(F)F)=C(/C)CC. The van der Waals surface area contributed by atoms with E-state index in [-0.39, 0.29) is 0 Å². The maximum Gasteiger partial charge on any atom is 0.405 e. The molecule has 2 heterocycles. The van der Waals surface area contributed by atoms with Gasteiger partial charge in [0, 0.05) is 40.5 Å². The van der Waals surface area contributed by atoms with Crippen LogP contribution in [-0.2, 0) is 11.3 Å². The molecule has 0 saturated carbocycles. The maximum atomic E-state index is 13.2. The average Bonchev–Trinajstić information content (AvgIpc) is 3.16. The van der Waals surface area contributed by atoms with Crippen LogP contribution in [0.2, 0.25) is 0 Å². The van der Waals surface area contributed by atoms with Gasteiger partial charge in [-0.05, 0) is 58.2 Å². The minimum absolute atomic E-state index is 0.319. The quantitative estimate of drug-likeness (QED) is 0.280. The molecule has 0 saturated heterocycles. The number of hydrogen-bond acceptors (Lipinski definition) is 7. The molecule has 1 aromatic carbocycles. The van der Waals surface area contributed by atoms with Crippen LogP contribution in [0.15, 0.2) is 50.9 Å². The predicted molar refractivity (Wildman–Crippen MR) is 141 cm³/mol. The van der Waals surface area contributed by atoms with E-state index in [9.17, 15) is 18.0 Å². The van der Waals surface area contributed by atoms with Crippen LogP contribution in [0.4, 0.5) is 18.9 Å². The summed E-state index contributed by atoms with van der Waals surface area (Å²) in [5.41, 5.74) is 18.8. The van der Waals surface area contributed by atoms with Crippen molar-refractivity contribution >= 4 is 29.2 Å². The fourth-order valence-electron chi connectivity index (χ4n) is 4.22. The number of nitrogens with one attached hydrogen (secondary N) is 3. The van der Waals surface area contributed by atoms with Crippen LogP contribution in [0.1, 0.15) is 57.7 Å². The second-order valence-electron chi connectivity index (χ2n) is 9.10. The highest BCUT2D eigenvalue weighted by molar-refractivity contribution is 6.05. The Bertz CT molecular complexity index is 1230. The van der Waals surface area contributed by atoms with E-state index >= 15 is 0 Å². The summed E-state index contributed by atoms with van der Waals surface area (Å²) in [5, 5.41) is 4.32. The van der Waals surface area contributed by atoms with E-state index < -0.39 is 24.5 Å². The number of carbonyl (C=O) groups excluding carboxylic acids is 1. The zero-order valence-electron chi connectivity index (χ0n) is 22.0. The van der Waals surface area contributed by atoms with Crippen LogP contribution in [0.5, 0.6) is 0 Å². The summed E-state index contributed by atoms with van der Waals surface area (Å²) in [5.74, 6) is -1.24. The summed E-state index contributed by atoms with van der Waals surface area (Å²) in [4.78, 5) is 21.4. The van der Waals surface area contributed by atoms with Crippen LogP contribution in [0.3, 0.4) is 0 Å². The summed E-state index contributed by atoms with van der Waals surface area (Å²) in [6, 6.07) is 3.93. The van der Waals surface area contributed by atoms with Crippen molar-refractivity contribution < 1.29 is 18.0 Å². The van der Waals surface area contributed by atoms with E-state index in [1.807, 2.05) is 26.0 Å². The highest BCUT2D eigenvalue weighted by atomic mass is 19.4. The Labute approximate surface area is 215 Å². The van der Waals surface area contributed by atoms with Gasteiger partial charge < -0.3 is 21.9 Å². The Morgan fingerprint density at radius 3 is 2.59 bits per heavy atom. The second-order valence-corrected chi connectivity index (χ2v) is 9.10. The molecule has 11 heteroatoms. The topological polar surface area (TPSA) is 107 Å². The highest BCUT2D eigenvalue weighted by Crippen LogP contribution is 2.40.